The predicted octanol–water partition coefficient (Wildman–Crippen LogP) is 2.72. The summed E-state index contributed by atoms with van der Waals surface area (Å²) in [6.07, 6.45) is 1.55. The van der Waals surface area contributed by atoms with E-state index in [0.717, 1.165) is 17.1 Å². The van der Waals surface area contributed by atoms with Gasteiger partial charge in [-0.3, -0.25) is 4.79 Å². The Hall–Kier alpha value is -1.76. The van der Waals surface area contributed by atoms with E-state index in [9.17, 15) is 9.90 Å². The van der Waals surface area contributed by atoms with Gasteiger partial charge in [0.05, 0.1) is 25.0 Å². The Bertz CT molecular complexity index is 673. The van der Waals surface area contributed by atoms with Crippen LogP contribution in [0.1, 0.15) is 27.9 Å². The molecule has 0 spiro atoms. The second-order valence-electron chi connectivity index (χ2n) is 5.64. The van der Waals surface area contributed by atoms with Crippen molar-refractivity contribution in [2.45, 2.75) is 17.9 Å². The van der Waals surface area contributed by atoms with Gasteiger partial charge < -0.3 is 19.2 Å². The van der Waals surface area contributed by atoms with E-state index in [1.54, 1.807) is 22.7 Å². The third-order valence-electron chi connectivity index (χ3n) is 4.09. The van der Waals surface area contributed by atoms with Crippen LogP contribution in [-0.2, 0) is 10.5 Å². The molecular formula is C18H21NO4S. The van der Waals surface area contributed by atoms with Gasteiger partial charge in [-0.1, -0.05) is 30.3 Å². The Balaban J connectivity index is 1.89. The summed E-state index contributed by atoms with van der Waals surface area (Å²) in [5.41, 5.74) is 0.945. The second-order valence-corrected chi connectivity index (χ2v) is 6.51. The number of amides is 1. The number of aliphatic hydroxyl groups excluding tert-OH is 1. The van der Waals surface area contributed by atoms with Crippen LogP contribution in [0.25, 0.3) is 0 Å². The van der Waals surface area contributed by atoms with E-state index >= 15 is 0 Å². The average molecular weight is 347 g/mol. The maximum Gasteiger partial charge on any atom is 0.290 e. The summed E-state index contributed by atoms with van der Waals surface area (Å²) in [4.78, 5) is 14.7. The van der Waals surface area contributed by atoms with Crippen LogP contribution >= 0.6 is 11.8 Å². The molecule has 2 atom stereocenters. The molecule has 2 aromatic rings. The van der Waals surface area contributed by atoms with E-state index in [1.807, 2.05) is 42.7 Å². The molecule has 0 aliphatic carbocycles. The number of nitrogens with zero attached hydrogens (tertiary/aromatic N) is 1. The van der Waals surface area contributed by atoms with Crippen molar-refractivity contribution in [1.29, 1.82) is 0 Å². The van der Waals surface area contributed by atoms with Crippen molar-refractivity contribution in [2.24, 2.45) is 0 Å². The molecule has 1 aromatic heterocycles. The van der Waals surface area contributed by atoms with Gasteiger partial charge in [-0.15, -0.1) is 0 Å². The highest BCUT2D eigenvalue weighted by Gasteiger charge is 2.37. The first-order valence-electron chi connectivity index (χ1n) is 7.90. The molecule has 5 nitrogen and oxygen atoms in total. The number of furan rings is 1. The minimum absolute atomic E-state index is 0.140. The van der Waals surface area contributed by atoms with Crippen molar-refractivity contribution in [3.05, 3.63) is 59.5 Å². The molecule has 0 radical (unpaired) electrons. The smallest absolute Gasteiger partial charge is 0.290 e. The van der Waals surface area contributed by atoms with Gasteiger partial charge in [0.2, 0.25) is 0 Å². The van der Waals surface area contributed by atoms with E-state index in [2.05, 4.69) is 0 Å². The molecule has 1 N–H and O–H groups in total. The minimum Gasteiger partial charge on any atom is -0.455 e. The van der Waals surface area contributed by atoms with Crippen LogP contribution in [-0.4, -0.2) is 48.0 Å². The van der Waals surface area contributed by atoms with Gasteiger partial charge in [0.25, 0.3) is 5.91 Å². The maximum absolute atomic E-state index is 13.0. The third-order valence-corrected chi connectivity index (χ3v) is 4.67. The van der Waals surface area contributed by atoms with Crippen molar-refractivity contribution in [1.82, 2.24) is 4.90 Å². The summed E-state index contributed by atoms with van der Waals surface area (Å²) in [6, 6.07) is 12.9. The van der Waals surface area contributed by atoms with Crippen LogP contribution in [0.3, 0.4) is 0 Å². The van der Waals surface area contributed by atoms with Crippen molar-refractivity contribution >= 4 is 17.7 Å². The molecule has 24 heavy (non-hydrogen) atoms. The molecule has 0 saturated carbocycles. The second kappa shape index (κ2) is 7.88. The molecule has 6 heteroatoms. The van der Waals surface area contributed by atoms with Gasteiger partial charge in [-0.05, 0) is 24.0 Å². The summed E-state index contributed by atoms with van der Waals surface area (Å²) < 4.78 is 11.4. The van der Waals surface area contributed by atoms with Gasteiger partial charge in [-0.25, -0.2) is 0 Å². The molecule has 3 rings (SSSR count). The van der Waals surface area contributed by atoms with E-state index in [-0.39, 0.29) is 18.6 Å². The number of carbonyl (C=O) groups is 1. The molecule has 1 saturated heterocycles. The van der Waals surface area contributed by atoms with E-state index in [0.29, 0.717) is 18.9 Å². The van der Waals surface area contributed by atoms with Gasteiger partial charge in [0.15, 0.2) is 5.76 Å². The number of hydrogen-bond acceptors (Lipinski definition) is 5. The number of aliphatic hydroxyl groups is 1. The first-order chi connectivity index (χ1) is 11.7. The SMILES string of the molecule is CSCc1ccc(C(=O)N2CCO[C@H](CO)[C@H]2c2ccccc2)o1. The molecule has 1 amide bonds. The first-order valence-corrected chi connectivity index (χ1v) is 9.30. The average Bonchev–Trinajstić information content (AvgIpc) is 3.10. The number of carbonyl (C=O) groups excluding carboxylic acids is 1. The van der Waals surface area contributed by atoms with Gasteiger partial charge >= 0.3 is 0 Å². The molecular weight excluding hydrogens is 326 g/mol. The van der Waals surface area contributed by atoms with Crippen LogP contribution in [0, 0.1) is 0 Å². The Kier molecular flexibility index (Phi) is 5.60. The highest BCUT2D eigenvalue weighted by atomic mass is 32.2. The molecule has 128 valence electrons. The number of morpholine rings is 1. The van der Waals surface area contributed by atoms with Crippen LogP contribution in [0.5, 0.6) is 0 Å². The molecule has 1 aliphatic heterocycles. The highest BCUT2D eigenvalue weighted by molar-refractivity contribution is 7.97. The quantitative estimate of drug-likeness (QED) is 0.901. The molecule has 1 fully saturated rings. The fourth-order valence-corrected chi connectivity index (χ4v) is 3.45. The topological polar surface area (TPSA) is 62.9 Å². The molecule has 0 unspecified atom stereocenters. The minimum atomic E-state index is -0.439. The van der Waals surface area contributed by atoms with Crippen LogP contribution < -0.4 is 0 Å². The lowest BCUT2D eigenvalue weighted by Crippen LogP contribution is -2.49. The predicted molar refractivity (Wildman–Crippen MR) is 93.0 cm³/mol. The number of benzene rings is 1. The van der Waals surface area contributed by atoms with Crippen LogP contribution in [0.4, 0.5) is 0 Å². The largest absolute Gasteiger partial charge is 0.455 e. The normalized spacial score (nSPS) is 21.0. The lowest BCUT2D eigenvalue weighted by Gasteiger charge is -2.40. The molecule has 2 heterocycles. The zero-order valence-corrected chi connectivity index (χ0v) is 14.4. The third kappa shape index (κ3) is 3.50. The highest BCUT2D eigenvalue weighted by Crippen LogP contribution is 2.31. The number of rotatable bonds is 5. The van der Waals surface area contributed by atoms with Gasteiger partial charge in [0, 0.05) is 6.54 Å². The van der Waals surface area contributed by atoms with Crippen LogP contribution in [0.2, 0.25) is 0 Å². The lowest BCUT2D eigenvalue weighted by atomic mass is 9.98. The standard InChI is InChI=1S/C18H21NO4S/c1-24-12-14-7-8-15(23-14)18(21)19-9-10-22-16(11-20)17(19)13-5-3-2-4-6-13/h2-8,16-17,20H,9-12H2,1H3/t16-,17-/m1/s1. The van der Waals surface area contributed by atoms with Crippen molar-refractivity contribution in [3.8, 4) is 0 Å². The van der Waals surface area contributed by atoms with E-state index in [4.69, 9.17) is 9.15 Å². The zero-order chi connectivity index (χ0) is 16.9. The molecule has 1 aromatic carbocycles. The summed E-state index contributed by atoms with van der Waals surface area (Å²) in [6.45, 7) is 0.728. The maximum atomic E-state index is 13.0. The summed E-state index contributed by atoms with van der Waals surface area (Å²) >= 11 is 1.65. The number of ether oxygens (including phenoxy) is 1. The fraction of sp³-hybridized carbons (Fsp3) is 0.389. The number of hydrogen-bond donors (Lipinski definition) is 1. The zero-order valence-electron chi connectivity index (χ0n) is 13.6. The van der Waals surface area contributed by atoms with Crippen LogP contribution in [0.15, 0.2) is 46.9 Å². The molecule has 1 aliphatic rings. The summed E-state index contributed by atoms with van der Waals surface area (Å²) in [5, 5.41) is 9.68. The summed E-state index contributed by atoms with van der Waals surface area (Å²) in [7, 11) is 0. The van der Waals surface area contributed by atoms with E-state index < -0.39 is 6.10 Å². The van der Waals surface area contributed by atoms with Gasteiger partial charge in [-0.2, -0.15) is 11.8 Å². The Morgan fingerprint density at radius 2 is 2.08 bits per heavy atom. The van der Waals surface area contributed by atoms with E-state index in [1.165, 1.54) is 0 Å². The monoisotopic (exact) mass is 347 g/mol. The Morgan fingerprint density at radius 1 is 1.29 bits per heavy atom. The fourth-order valence-electron chi connectivity index (χ4n) is 3.01. The summed E-state index contributed by atoms with van der Waals surface area (Å²) in [5.74, 6) is 1.68. The Labute approximate surface area is 145 Å². The molecule has 0 bridgehead atoms. The first kappa shape index (κ1) is 17.1. The van der Waals surface area contributed by atoms with Crippen molar-refractivity contribution in [3.63, 3.8) is 0 Å². The Morgan fingerprint density at radius 3 is 2.79 bits per heavy atom. The van der Waals surface area contributed by atoms with Crippen molar-refractivity contribution < 1.29 is 19.1 Å². The number of thioether (sulfide) groups is 1. The van der Waals surface area contributed by atoms with Gasteiger partial charge in [0.1, 0.15) is 11.9 Å². The lowest BCUT2D eigenvalue weighted by molar-refractivity contribution is -0.0817. The van der Waals surface area contributed by atoms with Crippen molar-refractivity contribution in [2.75, 3.05) is 26.0 Å².